The Bertz CT molecular complexity index is 474. The van der Waals surface area contributed by atoms with Crippen molar-refractivity contribution in [3.8, 4) is 0 Å². The molecule has 0 radical (unpaired) electrons. The zero-order valence-corrected chi connectivity index (χ0v) is 10.1. The lowest BCUT2D eigenvalue weighted by atomic mass is 9.92. The van der Waals surface area contributed by atoms with Gasteiger partial charge in [0.1, 0.15) is 0 Å². The molecule has 3 rings (SSSR count). The fourth-order valence-corrected chi connectivity index (χ4v) is 3.07. The highest BCUT2D eigenvalue weighted by molar-refractivity contribution is 5.99. The summed E-state index contributed by atoms with van der Waals surface area (Å²) in [7, 11) is 0. The normalized spacial score (nSPS) is 31.6. The number of fused-ring (bicyclic) bond motifs is 1. The van der Waals surface area contributed by atoms with Gasteiger partial charge in [0.25, 0.3) is 5.91 Å². The van der Waals surface area contributed by atoms with Gasteiger partial charge in [-0.2, -0.15) is 0 Å². The van der Waals surface area contributed by atoms with Crippen LogP contribution in [0.2, 0.25) is 0 Å². The van der Waals surface area contributed by atoms with E-state index in [1.165, 1.54) is 4.90 Å². The maximum Gasteiger partial charge on any atom is 0.256 e. The minimum absolute atomic E-state index is 0.0522. The molecule has 1 unspecified atom stereocenters. The van der Waals surface area contributed by atoms with E-state index in [2.05, 4.69) is 0 Å². The molecule has 96 valence electrons. The summed E-state index contributed by atoms with van der Waals surface area (Å²) in [6.07, 6.45) is 1.90. The molecule has 1 saturated carbocycles. The van der Waals surface area contributed by atoms with E-state index < -0.39 is 6.23 Å². The summed E-state index contributed by atoms with van der Waals surface area (Å²) in [5.41, 5.74) is 1.27. The number of benzene rings is 1. The van der Waals surface area contributed by atoms with Crippen LogP contribution in [0.4, 0.5) is 0 Å². The first-order chi connectivity index (χ1) is 8.68. The van der Waals surface area contributed by atoms with Crippen molar-refractivity contribution in [2.45, 2.75) is 44.1 Å². The van der Waals surface area contributed by atoms with E-state index in [0.29, 0.717) is 17.5 Å². The second-order valence-electron chi connectivity index (χ2n) is 5.15. The molecule has 4 nitrogen and oxygen atoms in total. The second-order valence-corrected chi connectivity index (χ2v) is 5.15. The molecular formula is C14H17NO3. The van der Waals surface area contributed by atoms with Crippen molar-refractivity contribution in [2.75, 3.05) is 0 Å². The minimum atomic E-state index is -0.857. The molecule has 1 aliphatic carbocycles. The molecule has 1 fully saturated rings. The molecule has 2 N–H and O–H groups in total. The fourth-order valence-electron chi connectivity index (χ4n) is 3.07. The van der Waals surface area contributed by atoms with Gasteiger partial charge in [-0.3, -0.25) is 4.79 Å². The number of rotatable bonds is 1. The van der Waals surface area contributed by atoms with Gasteiger partial charge in [0, 0.05) is 17.2 Å². The second kappa shape index (κ2) is 4.37. The third kappa shape index (κ3) is 1.72. The number of hydrogen-bond donors (Lipinski definition) is 2. The first kappa shape index (κ1) is 11.7. The van der Waals surface area contributed by atoms with E-state index in [9.17, 15) is 15.0 Å². The molecule has 18 heavy (non-hydrogen) atoms. The van der Waals surface area contributed by atoms with Crippen molar-refractivity contribution >= 4 is 5.91 Å². The SMILES string of the molecule is O=C1c2ccccc2C(O)N1[C@@H]1CCC[C@H](O)C1. The number of nitrogens with zero attached hydrogens (tertiary/aromatic N) is 1. The minimum Gasteiger partial charge on any atom is -0.393 e. The van der Waals surface area contributed by atoms with Gasteiger partial charge in [0.2, 0.25) is 0 Å². The van der Waals surface area contributed by atoms with Crippen molar-refractivity contribution < 1.29 is 15.0 Å². The Kier molecular flexibility index (Phi) is 2.84. The Labute approximate surface area is 106 Å². The van der Waals surface area contributed by atoms with Crippen LogP contribution in [0, 0.1) is 0 Å². The highest BCUT2D eigenvalue weighted by Crippen LogP contribution is 2.37. The molecule has 0 spiro atoms. The van der Waals surface area contributed by atoms with Gasteiger partial charge < -0.3 is 15.1 Å². The van der Waals surface area contributed by atoms with Gasteiger partial charge in [-0.25, -0.2) is 0 Å². The van der Waals surface area contributed by atoms with E-state index in [4.69, 9.17) is 0 Å². The van der Waals surface area contributed by atoms with E-state index >= 15 is 0 Å². The molecule has 0 saturated heterocycles. The summed E-state index contributed by atoms with van der Waals surface area (Å²) in [4.78, 5) is 13.8. The number of amides is 1. The Morgan fingerprint density at radius 1 is 1.17 bits per heavy atom. The highest BCUT2D eigenvalue weighted by atomic mass is 16.3. The van der Waals surface area contributed by atoms with Crippen LogP contribution in [-0.2, 0) is 0 Å². The number of hydrogen-bond acceptors (Lipinski definition) is 3. The Balaban J connectivity index is 1.89. The van der Waals surface area contributed by atoms with Crippen LogP contribution in [0.5, 0.6) is 0 Å². The van der Waals surface area contributed by atoms with E-state index in [-0.39, 0.29) is 18.1 Å². The first-order valence-electron chi connectivity index (χ1n) is 6.46. The van der Waals surface area contributed by atoms with Gasteiger partial charge >= 0.3 is 0 Å². The summed E-state index contributed by atoms with van der Waals surface area (Å²) in [6.45, 7) is 0. The average molecular weight is 247 g/mol. The Morgan fingerprint density at radius 3 is 2.67 bits per heavy atom. The predicted octanol–water partition coefficient (Wildman–Crippen LogP) is 1.44. The Morgan fingerprint density at radius 2 is 1.94 bits per heavy atom. The monoisotopic (exact) mass is 247 g/mol. The largest absolute Gasteiger partial charge is 0.393 e. The third-order valence-electron chi connectivity index (χ3n) is 3.98. The zero-order chi connectivity index (χ0) is 12.7. The standard InChI is InChI=1S/C14H17NO3/c16-10-5-3-4-9(8-10)15-13(17)11-6-1-2-7-12(11)14(15)18/h1-2,6-7,9-10,13,16-17H,3-5,8H2/t9-,10+,13?/m1/s1. The maximum atomic E-state index is 12.3. The van der Waals surface area contributed by atoms with E-state index in [1.54, 1.807) is 12.1 Å². The van der Waals surface area contributed by atoms with Crippen LogP contribution in [-0.4, -0.2) is 33.2 Å². The fraction of sp³-hybridized carbons (Fsp3) is 0.500. The lowest BCUT2D eigenvalue weighted by Gasteiger charge is -2.35. The quantitative estimate of drug-likeness (QED) is 0.789. The van der Waals surface area contributed by atoms with Crippen molar-refractivity contribution in [3.63, 3.8) is 0 Å². The van der Waals surface area contributed by atoms with Crippen LogP contribution in [0.1, 0.15) is 47.8 Å². The van der Waals surface area contributed by atoms with Gasteiger partial charge in [-0.15, -0.1) is 0 Å². The summed E-state index contributed by atoms with van der Waals surface area (Å²) < 4.78 is 0. The zero-order valence-electron chi connectivity index (χ0n) is 10.1. The number of carbonyl (C=O) groups excluding carboxylic acids is 1. The maximum absolute atomic E-state index is 12.3. The highest BCUT2D eigenvalue weighted by Gasteiger charge is 2.40. The van der Waals surface area contributed by atoms with E-state index in [1.807, 2.05) is 12.1 Å². The van der Waals surface area contributed by atoms with Crippen LogP contribution in [0.25, 0.3) is 0 Å². The molecule has 1 aliphatic heterocycles. The molecule has 0 bridgehead atoms. The van der Waals surface area contributed by atoms with Crippen LogP contribution < -0.4 is 0 Å². The molecule has 1 amide bonds. The van der Waals surface area contributed by atoms with E-state index in [0.717, 1.165) is 19.3 Å². The molecule has 2 aliphatic rings. The summed E-state index contributed by atoms with van der Waals surface area (Å²) in [6, 6.07) is 7.12. The molecule has 4 heteroatoms. The molecule has 1 aromatic carbocycles. The summed E-state index contributed by atoms with van der Waals surface area (Å²) in [5, 5.41) is 20.0. The van der Waals surface area contributed by atoms with Crippen molar-refractivity contribution in [2.24, 2.45) is 0 Å². The topological polar surface area (TPSA) is 60.8 Å². The van der Waals surface area contributed by atoms with Gasteiger partial charge in [-0.1, -0.05) is 18.2 Å². The average Bonchev–Trinajstić information content (AvgIpc) is 2.63. The van der Waals surface area contributed by atoms with Gasteiger partial charge in [0.05, 0.1) is 6.10 Å². The number of aliphatic hydroxyl groups excluding tert-OH is 2. The number of carbonyl (C=O) groups is 1. The molecule has 3 atom stereocenters. The van der Waals surface area contributed by atoms with Gasteiger partial charge in [-0.05, 0) is 31.7 Å². The third-order valence-corrected chi connectivity index (χ3v) is 3.98. The summed E-state index contributed by atoms with van der Waals surface area (Å²) in [5.74, 6) is -0.114. The molecule has 0 aromatic heterocycles. The summed E-state index contributed by atoms with van der Waals surface area (Å²) >= 11 is 0. The Hall–Kier alpha value is -1.39. The smallest absolute Gasteiger partial charge is 0.256 e. The van der Waals surface area contributed by atoms with Crippen molar-refractivity contribution in [3.05, 3.63) is 35.4 Å². The van der Waals surface area contributed by atoms with Crippen molar-refractivity contribution in [1.82, 2.24) is 4.90 Å². The lowest BCUT2D eigenvalue weighted by molar-refractivity contribution is -0.0254. The molecule has 1 aromatic rings. The van der Waals surface area contributed by atoms with Crippen LogP contribution in [0.15, 0.2) is 24.3 Å². The van der Waals surface area contributed by atoms with Crippen LogP contribution >= 0.6 is 0 Å². The molecular weight excluding hydrogens is 230 g/mol. The van der Waals surface area contributed by atoms with Crippen molar-refractivity contribution in [1.29, 1.82) is 0 Å². The lowest BCUT2D eigenvalue weighted by Crippen LogP contribution is -2.42. The van der Waals surface area contributed by atoms with Gasteiger partial charge in [0.15, 0.2) is 6.23 Å². The number of aliphatic hydroxyl groups is 2. The molecule has 1 heterocycles. The predicted molar refractivity (Wildman–Crippen MR) is 65.8 cm³/mol. The van der Waals surface area contributed by atoms with Crippen LogP contribution in [0.3, 0.4) is 0 Å². The first-order valence-corrected chi connectivity index (χ1v) is 6.46.